The van der Waals surface area contributed by atoms with E-state index in [1.807, 2.05) is 30.4 Å². The second-order valence-electron chi connectivity index (χ2n) is 7.08. The Labute approximate surface area is 198 Å². The van der Waals surface area contributed by atoms with E-state index in [9.17, 15) is 9.59 Å². The van der Waals surface area contributed by atoms with Gasteiger partial charge in [0.05, 0.1) is 62.5 Å². The molecule has 0 atom stereocenters. The highest BCUT2D eigenvalue weighted by Crippen LogP contribution is 2.15. The number of pyridine rings is 2. The fourth-order valence-electron chi connectivity index (χ4n) is 2.92. The van der Waals surface area contributed by atoms with Crippen molar-refractivity contribution in [2.24, 2.45) is 5.92 Å². The van der Waals surface area contributed by atoms with Gasteiger partial charge in [-0.1, -0.05) is 30.4 Å². The van der Waals surface area contributed by atoms with Crippen LogP contribution < -0.4 is 0 Å². The van der Waals surface area contributed by atoms with Gasteiger partial charge in [-0.2, -0.15) is 0 Å². The zero-order valence-corrected chi connectivity index (χ0v) is 18.8. The summed E-state index contributed by atoms with van der Waals surface area (Å²) in [5, 5.41) is 0. The van der Waals surface area contributed by atoms with Gasteiger partial charge in [0.15, 0.2) is 0 Å². The normalized spacial score (nSPS) is 12.7. The third kappa shape index (κ3) is 8.86. The molecule has 34 heavy (non-hydrogen) atoms. The van der Waals surface area contributed by atoms with Crippen molar-refractivity contribution in [3.8, 4) is 11.4 Å². The molecule has 2 aromatic rings. The lowest BCUT2D eigenvalue weighted by Crippen LogP contribution is -2.17. The number of rotatable bonds is 15. The fraction of sp³-hybridized carbons (Fsp3) is 0.360. The van der Waals surface area contributed by atoms with E-state index in [1.165, 1.54) is 0 Å². The number of hydrogen-bond donors (Lipinski definition) is 0. The van der Waals surface area contributed by atoms with Crippen molar-refractivity contribution in [3.63, 3.8) is 0 Å². The van der Waals surface area contributed by atoms with Gasteiger partial charge in [-0.05, 0) is 24.3 Å². The molecule has 9 nitrogen and oxygen atoms in total. The first-order valence-electron chi connectivity index (χ1n) is 11.0. The van der Waals surface area contributed by atoms with E-state index in [4.69, 9.17) is 23.7 Å². The van der Waals surface area contributed by atoms with Crippen LogP contribution in [0.4, 0.5) is 0 Å². The van der Waals surface area contributed by atoms with Gasteiger partial charge in [0.2, 0.25) is 0 Å². The molecule has 0 N–H and O–H groups in total. The maximum atomic E-state index is 12.2. The van der Waals surface area contributed by atoms with Gasteiger partial charge in [-0.3, -0.25) is 14.8 Å². The lowest BCUT2D eigenvalue weighted by molar-refractivity contribution is -0.147. The van der Waals surface area contributed by atoms with Gasteiger partial charge in [0.25, 0.3) is 0 Å². The molecule has 0 aliphatic heterocycles. The van der Waals surface area contributed by atoms with E-state index in [0.717, 1.165) is 0 Å². The van der Waals surface area contributed by atoms with Crippen LogP contribution in [-0.4, -0.2) is 74.8 Å². The van der Waals surface area contributed by atoms with E-state index >= 15 is 0 Å². The fourth-order valence-corrected chi connectivity index (χ4v) is 2.92. The van der Waals surface area contributed by atoms with E-state index in [2.05, 4.69) is 9.97 Å². The lowest BCUT2D eigenvalue weighted by atomic mass is 10.2. The number of hydrogen-bond acceptors (Lipinski definition) is 9. The minimum absolute atomic E-state index is 0.133. The number of carbonyl (C=O) groups excluding carboxylic acids is 2. The summed E-state index contributed by atoms with van der Waals surface area (Å²) in [4.78, 5) is 32.3. The van der Waals surface area contributed by atoms with E-state index in [-0.39, 0.29) is 31.7 Å². The summed E-state index contributed by atoms with van der Waals surface area (Å²) in [7, 11) is 0. The first-order chi connectivity index (χ1) is 16.7. The molecular formula is C25H28N2O7. The van der Waals surface area contributed by atoms with Crippen molar-refractivity contribution in [2.75, 3.05) is 52.9 Å². The maximum Gasteiger partial charge on any atom is 0.338 e. The summed E-state index contributed by atoms with van der Waals surface area (Å²) in [5.41, 5.74) is 1.69. The summed E-state index contributed by atoms with van der Waals surface area (Å²) in [6, 6.07) is 8.74. The van der Waals surface area contributed by atoms with Gasteiger partial charge in [0.1, 0.15) is 13.2 Å². The molecule has 0 fully saturated rings. The smallest absolute Gasteiger partial charge is 0.338 e. The van der Waals surface area contributed by atoms with Crippen LogP contribution in [0.15, 0.2) is 67.0 Å². The van der Waals surface area contributed by atoms with Gasteiger partial charge >= 0.3 is 11.9 Å². The molecule has 0 amide bonds. The second kappa shape index (κ2) is 14.7. The Balaban J connectivity index is 1.15. The Bertz CT molecular complexity index is 951. The largest absolute Gasteiger partial charge is 0.463 e. The van der Waals surface area contributed by atoms with Crippen LogP contribution >= 0.6 is 0 Å². The highest BCUT2D eigenvalue weighted by Gasteiger charge is 2.15. The molecule has 1 aliphatic carbocycles. The first kappa shape index (κ1) is 25.2. The SMILES string of the molecule is O=C(OCCOCCOCCOCCOC(=O)C1C=CC=C1)c1ccnc(-c2ccccn2)c1. The van der Waals surface area contributed by atoms with Crippen LogP contribution in [-0.2, 0) is 28.5 Å². The first-order valence-corrected chi connectivity index (χ1v) is 11.0. The van der Waals surface area contributed by atoms with Crippen LogP contribution in [0.2, 0.25) is 0 Å². The molecule has 0 aromatic carbocycles. The molecule has 2 heterocycles. The standard InChI is InChI=1S/C25H28N2O7/c28-24(20-5-1-2-6-20)33-17-15-31-13-11-30-12-14-32-16-18-34-25(29)21-8-10-27-23(19-21)22-7-3-4-9-26-22/h1-10,19-20H,11-18H2. The molecular weight excluding hydrogens is 440 g/mol. The Morgan fingerprint density at radius 1 is 0.706 bits per heavy atom. The number of esters is 2. The summed E-state index contributed by atoms with van der Waals surface area (Å²) < 4.78 is 26.5. The quantitative estimate of drug-likeness (QED) is 0.288. The van der Waals surface area contributed by atoms with Crippen LogP contribution in [0.5, 0.6) is 0 Å². The van der Waals surface area contributed by atoms with E-state index in [1.54, 1.807) is 36.7 Å². The number of allylic oxidation sites excluding steroid dienone is 2. The Hall–Kier alpha value is -3.40. The van der Waals surface area contributed by atoms with Crippen molar-refractivity contribution in [3.05, 3.63) is 72.6 Å². The van der Waals surface area contributed by atoms with Crippen molar-refractivity contribution < 1.29 is 33.3 Å². The zero-order chi connectivity index (χ0) is 23.8. The lowest BCUT2D eigenvalue weighted by Gasteiger charge is -2.09. The van der Waals surface area contributed by atoms with Gasteiger partial charge in [-0.25, -0.2) is 4.79 Å². The molecule has 0 saturated heterocycles. The molecule has 0 saturated carbocycles. The monoisotopic (exact) mass is 468 g/mol. The summed E-state index contributed by atoms with van der Waals surface area (Å²) in [5.74, 6) is -1.01. The Kier molecular flexibility index (Phi) is 10.9. The third-order valence-corrected chi connectivity index (χ3v) is 4.62. The van der Waals surface area contributed by atoms with Crippen molar-refractivity contribution in [1.82, 2.24) is 9.97 Å². The molecule has 0 spiro atoms. The molecule has 3 rings (SSSR count). The molecule has 0 radical (unpaired) electrons. The summed E-state index contributed by atoms with van der Waals surface area (Å²) in [6.45, 7) is 2.49. The van der Waals surface area contributed by atoms with Crippen molar-refractivity contribution >= 4 is 11.9 Å². The highest BCUT2D eigenvalue weighted by atomic mass is 16.6. The summed E-state index contributed by atoms with van der Waals surface area (Å²) >= 11 is 0. The van der Waals surface area contributed by atoms with Gasteiger partial charge in [0, 0.05) is 12.4 Å². The second-order valence-corrected chi connectivity index (χ2v) is 7.08. The van der Waals surface area contributed by atoms with Crippen LogP contribution in [0.3, 0.4) is 0 Å². The third-order valence-electron chi connectivity index (χ3n) is 4.62. The number of carbonyl (C=O) groups is 2. The van der Waals surface area contributed by atoms with Crippen molar-refractivity contribution in [1.29, 1.82) is 0 Å². The molecule has 2 aromatic heterocycles. The Morgan fingerprint density at radius 2 is 1.32 bits per heavy atom. The molecule has 9 heteroatoms. The highest BCUT2D eigenvalue weighted by molar-refractivity contribution is 5.90. The predicted molar refractivity (Wildman–Crippen MR) is 123 cm³/mol. The minimum Gasteiger partial charge on any atom is -0.463 e. The molecule has 180 valence electrons. The zero-order valence-electron chi connectivity index (χ0n) is 18.8. The molecule has 1 aliphatic rings. The van der Waals surface area contributed by atoms with E-state index < -0.39 is 5.97 Å². The molecule has 0 bridgehead atoms. The predicted octanol–water partition coefficient (Wildman–Crippen LogP) is 2.64. The van der Waals surface area contributed by atoms with Crippen LogP contribution in [0.25, 0.3) is 11.4 Å². The van der Waals surface area contributed by atoms with Gasteiger partial charge in [-0.15, -0.1) is 0 Å². The Morgan fingerprint density at radius 3 is 1.97 bits per heavy atom. The number of nitrogens with zero attached hydrogens (tertiary/aromatic N) is 2. The van der Waals surface area contributed by atoms with Crippen LogP contribution in [0, 0.1) is 5.92 Å². The molecule has 0 unspecified atom stereocenters. The minimum atomic E-state index is -0.446. The maximum absolute atomic E-state index is 12.2. The topological polar surface area (TPSA) is 106 Å². The average molecular weight is 469 g/mol. The van der Waals surface area contributed by atoms with Gasteiger partial charge < -0.3 is 23.7 Å². The van der Waals surface area contributed by atoms with Crippen molar-refractivity contribution in [2.45, 2.75) is 0 Å². The summed E-state index contributed by atoms with van der Waals surface area (Å²) in [6.07, 6.45) is 10.4. The number of aromatic nitrogens is 2. The van der Waals surface area contributed by atoms with E-state index in [0.29, 0.717) is 50.0 Å². The average Bonchev–Trinajstić information content (AvgIpc) is 3.42. The van der Waals surface area contributed by atoms with Crippen LogP contribution in [0.1, 0.15) is 10.4 Å². The number of ether oxygens (including phenoxy) is 5.